The van der Waals surface area contributed by atoms with Crippen LogP contribution in [0.1, 0.15) is 65.2 Å². The Morgan fingerprint density at radius 2 is 1.31 bits per heavy atom. The van der Waals surface area contributed by atoms with Gasteiger partial charge in [0.25, 0.3) is 0 Å². The third-order valence-corrected chi connectivity index (χ3v) is 3.13. The minimum atomic E-state index is 0.577. The fraction of sp³-hybridized carbons (Fsp3) is 0.923. The highest BCUT2D eigenvalue weighted by Crippen LogP contribution is 2.05. The van der Waals surface area contributed by atoms with Gasteiger partial charge in [0.05, 0.1) is 0 Å². The lowest BCUT2D eigenvalue weighted by Crippen LogP contribution is -2.37. The molecule has 0 aromatic heterocycles. The molecule has 0 aliphatic heterocycles. The number of nitrogens with zero attached hydrogens (tertiary/aromatic N) is 1. The zero-order valence-corrected chi connectivity index (χ0v) is 11.8. The van der Waals surface area contributed by atoms with Crippen molar-refractivity contribution < 1.29 is 0 Å². The highest BCUT2D eigenvalue weighted by Gasteiger charge is 2.04. The van der Waals surface area contributed by atoms with Crippen LogP contribution in [-0.2, 0) is 0 Å². The highest BCUT2D eigenvalue weighted by atomic mass is 32.1. The minimum absolute atomic E-state index is 0.577. The zero-order valence-electron chi connectivity index (χ0n) is 11.0. The first-order valence-corrected chi connectivity index (χ1v) is 7.17. The van der Waals surface area contributed by atoms with Crippen molar-refractivity contribution >= 4 is 17.3 Å². The van der Waals surface area contributed by atoms with Gasteiger partial charge in [0, 0.05) is 13.1 Å². The Balaban J connectivity index is 3.59. The van der Waals surface area contributed by atoms with E-state index in [0.29, 0.717) is 5.11 Å². The van der Waals surface area contributed by atoms with Gasteiger partial charge in [-0.1, -0.05) is 52.4 Å². The standard InChI is InChI=1S/C13H28N2S/c1-3-5-7-9-11-15(13(14)16)12-10-8-6-4-2/h3-12H2,1-2H3,(H2,14,16). The summed E-state index contributed by atoms with van der Waals surface area (Å²) in [6.45, 7) is 6.55. The summed E-state index contributed by atoms with van der Waals surface area (Å²) in [5, 5.41) is 0.577. The molecular weight excluding hydrogens is 216 g/mol. The Hall–Kier alpha value is -0.310. The van der Waals surface area contributed by atoms with E-state index in [0.717, 1.165) is 13.1 Å². The summed E-state index contributed by atoms with van der Waals surface area (Å²) in [7, 11) is 0. The normalized spacial score (nSPS) is 10.4. The maximum atomic E-state index is 5.72. The van der Waals surface area contributed by atoms with Crippen LogP contribution in [0.3, 0.4) is 0 Å². The van der Waals surface area contributed by atoms with Gasteiger partial charge >= 0.3 is 0 Å². The average molecular weight is 244 g/mol. The number of nitrogens with two attached hydrogens (primary N) is 1. The lowest BCUT2D eigenvalue weighted by atomic mass is 10.2. The number of thiocarbonyl (C=S) groups is 1. The number of unbranched alkanes of at least 4 members (excludes halogenated alkanes) is 6. The second kappa shape index (κ2) is 11.2. The Morgan fingerprint density at radius 1 is 0.875 bits per heavy atom. The van der Waals surface area contributed by atoms with Crippen LogP contribution in [0.15, 0.2) is 0 Å². The fourth-order valence-corrected chi connectivity index (χ4v) is 1.97. The maximum absolute atomic E-state index is 5.72. The molecule has 0 amide bonds. The summed E-state index contributed by atoms with van der Waals surface area (Å²) >= 11 is 5.08. The van der Waals surface area contributed by atoms with E-state index in [9.17, 15) is 0 Å². The van der Waals surface area contributed by atoms with Crippen LogP contribution in [0, 0.1) is 0 Å². The molecule has 0 saturated carbocycles. The van der Waals surface area contributed by atoms with Crippen molar-refractivity contribution in [3.05, 3.63) is 0 Å². The molecule has 0 saturated heterocycles. The first-order valence-electron chi connectivity index (χ1n) is 6.76. The molecule has 0 rings (SSSR count). The second-order valence-corrected chi connectivity index (χ2v) is 4.86. The number of rotatable bonds is 10. The quantitative estimate of drug-likeness (QED) is 0.469. The Morgan fingerprint density at radius 3 is 1.62 bits per heavy atom. The third kappa shape index (κ3) is 8.96. The SMILES string of the molecule is CCCCCCN(CCCCCC)C(N)=S. The molecule has 0 fully saturated rings. The van der Waals surface area contributed by atoms with Gasteiger partial charge in [0.1, 0.15) is 0 Å². The van der Waals surface area contributed by atoms with E-state index >= 15 is 0 Å². The average Bonchev–Trinajstić information content (AvgIpc) is 2.26. The Labute approximate surface area is 107 Å². The molecule has 0 heterocycles. The van der Waals surface area contributed by atoms with Crippen LogP contribution in [0.25, 0.3) is 0 Å². The molecule has 2 nitrogen and oxygen atoms in total. The molecule has 0 radical (unpaired) electrons. The number of hydrogen-bond donors (Lipinski definition) is 1. The maximum Gasteiger partial charge on any atom is 0.166 e. The van der Waals surface area contributed by atoms with Crippen LogP contribution < -0.4 is 5.73 Å². The van der Waals surface area contributed by atoms with E-state index in [1.54, 1.807) is 0 Å². The molecule has 2 N–H and O–H groups in total. The van der Waals surface area contributed by atoms with Gasteiger partial charge < -0.3 is 10.6 Å². The topological polar surface area (TPSA) is 29.3 Å². The van der Waals surface area contributed by atoms with E-state index in [1.807, 2.05) is 0 Å². The molecule has 0 aromatic rings. The zero-order chi connectivity index (χ0) is 12.2. The Kier molecular flexibility index (Phi) is 11.0. The molecule has 0 aliphatic rings. The van der Waals surface area contributed by atoms with Gasteiger partial charge in [-0.05, 0) is 25.1 Å². The lowest BCUT2D eigenvalue weighted by molar-refractivity contribution is 0.389. The molecule has 0 aromatic carbocycles. The summed E-state index contributed by atoms with van der Waals surface area (Å²) in [5.74, 6) is 0. The van der Waals surface area contributed by atoms with Crippen LogP contribution in [0.2, 0.25) is 0 Å². The monoisotopic (exact) mass is 244 g/mol. The summed E-state index contributed by atoms with van der Waals surface area (Å²) in [6.07, 6.45) is 10.2. The number of hydrogen-bond acceptors (Lipinski definition) is 1. The molecular formula is C13H28N2S. The Bertz CT molecular complexity index is 159. The second-order valence-electron chi connectivity index (χ2n) is 4.45. The van der Waals surface area contributed by atoms with Crippen molar-refractivity contribution in [3.63, 3.8) is 0 Å². The van der Waals surface area contributed by atoms with Crippen LogP contribution in [-0.4, -0.2) is 23.1 Å². The van der Waals surface area contributed by atoms with Gasteiger partial charge in [0.15, 0.2) is 5.11 Å². The summed E-state index contributed by atoms with van der Waals surface area (Å²) < 4.78 is 0. The minimum Gasteiger partial charge on any atom is -0.376 e. The van der Waals surface area contributed by atoms with E-state index in [2.05, 4.69) is 18.7 Å². The third-order valence-electron chi connectivity index (χ3n) is 2.87. The molecule has 0 aliphatic carbocycles. The molecule has 96 valence electrons. The predicted molar refractivity (Wildman–Crippen MR) is 76.6 cm³/mol. The largest absolute Gasteiger partial charge is 0.376 e. The van der Waals surface area contributed by atoms with Crippen LogP contribution >= 0.6 is 12.2 Å². The van der Waals surface area contributed by atoms with Crippen molar-refractivity contribution in [1.29, 1.82) is 0 Å². The summed E-state index contributed by atoms with van der Waals surface area (Å²) in [4.78, 5) is 2.17. The van der Waals surface area contributed by atoms with Crippen LogP contribution in [0.5, 0.6) is 0 Å². The molecule has 0 unspecified atom stereocenters. The van der Waals surface area contributed by atoms with Crippen LogP contribution in [0.4, 0.5) is 0 Å². The predicted octanol–water partition coefficient (Wildman–Crippen LogP) is 3.69. The first kappa shape index (κ1) is 15.7. The van der Waals surface area contributed by atoms with E-state index in [1.165, 1.54) is 51.4 Å². The lowest BCUT2D eigenvalue weighted by Gasteiger charge is -2.22. The van der Waals surface area contributed by atoms with Crippen molar-refractivity contribution in [3.8, 4) is 0 Å². The smallest absolute Gasteiger partial charge is 0.166 e. The van der Waals surface area contributed by atoms with Crippen molar-refractivity contribution in [2.24, 2.45) is 5.73 Å². The molecule has 0 spiro atoms. The van der Waals surface area contributed by atoms with Crippen molar-refractivity contribution in [2.45, 2.75) is 65.2 Å². The van der Waals surface area contributed by atoms with Crippen molar-refractivity contribution in [1.82, 2.24) is 4.90 Å². The van der Waals surface area contributed by atoms with Gasteiger partial charge in [-0.2, -0.15) is 0 Å². The van der Waals surface area contributed by atoms with E-state index in [4.69, 9.17) is 18.0 Å². The first-order chi connectivity index (χ1) is 7.72. The van der Waals surface area contributed by atoms with E-state index < -0.39 is 0 Å². The molecule has 0 atom stereocenters. The van der Waals surface area contributed by atoms with Gasteiger partial charge in [-0.15, -0.1) is 0 Å². The highest BCUT2D eigenvalue weighted by molar-refractivity contribution is 7.80. The summed E-state index contributed by atoms with van der Waals surface area (Å²) in [6, 6.07) is 0. The van der Waals surface area contributed by atoms with Gasteiger partial charge in [0.2, 0.25) is 0 Å². The molecule has 3 heteroatoms. The summed E-state index contributed by atoms with van der Waals surface area (Å²) in [5.41, 5.74) is 5.72. The van der Waals surface area contributed by atoms with Gasteiger partial charge in [-0.25, -0.2) is 0 Å². The fourth-order valence-electron chi connectivity index (χ4n) is 1.79. The van der Waals surface area contributed by atoms with Gasteiger partial charge in [-0.3, -0.25) is 0 Å². The molecule has 0 bridgehead atoms. The van der Waals surface area contributed by atoms with Crippen molar-refractivity contribution in [2.75, 3.05) is 13.1 Å². The molecule has 16 heavy (non-hydrogen) atoms. The van der Waals surface area contributed by atoms with E-state index in [-0.39, 0.29) is 0 Å².